The van der Waals surface area contributed by atoms with Gasteiger partial charge in [-0.1, -0.05) is 23.7 Å². The van der Waals surface area contributed by atoms with Crippen molar-refractivity contribution in [1.29, 1.82) is 0 Å². The third kappa shape index (κ3) is 2.55. The van der Waals surface area contributed by atoms with Crippen LogP contribution in [0.3, 0.4) is 0 Å². The second kappa shape index (κ2) is 5.72. The summed E-state index contributed by atoms with van der Waals surface area (Å²) in [5, 5.41) is 0.536. The van der Waals surface area contributed by atoms with E-state index in [0.29, 0.717) is 34.4 Å². The third-order valence-corrected chi connectivity index (χ3v) is 4.16. The molecule has 0 atom stereocenters. The van der Waals surface area contributed by atoms with Crippen LogP contribution in [-0.2, 0) is 6.54 Å². The molecule has 0 unspecified atom stereocenters. The van der Waals surface area contributed by atoms with Gasteiger partial charge in [-0.05, 0) is 19.1 Å². The molecule has 0 saturated carbocycles. The summed E-state index contributed by atoms with van der Waals surface area (Å²) in [7, 11) is 0. The summed E-state index contributed by atoms with van der Waals surface area (Å²) in [6.07, 6.45) is 7.03. The summed E-state index contributed by atoms with van der Waals surface area (Å²) in [6.45, 7) is 2.33. The van der Waals surface area contributed by atoms with Gasteiger partial charge in [0, 0.05) is 24.2 Å². The molecule has 0 spiro atoms. The molecule has 7 heteroatoms. The molecule has 3 heterocycles. The fraction of sp³-hybridized carbons (Fsp3) is 0.118. The maximum atomic E-state index is 13.5. The molecule has 0 amide bonds. The maximum Gasteiger partial charge on any atom is 0.156 e. The van der Waals surface area contributed by atoms with E-state index in [1.165, 1.54) is 12.1 Å². The van der Waals surface area contributed by atoms with Crippen molar-refractivity contribution in [3.05, 3.63) is 71.4 Å². The minimum Gasteiger partial charge on any atom is -0.325 e. The number of imidazole rings is 2. The van der Waals surface area contributed by atoms with Gasteiger partial charge in [0.05, 0.1) is 24.1 Å². The summed E-state index contributed by atoms with van der Waals surface area (Å²) in [5.74, 6) is 0.367. The SMILES string of the molecule is Cc1cn2c(Cl)c(Cn3ccnc3-c3cccc(F)c3)nc2cn1. The summed E-state index contributed by atoms with van der Waals surface area (Å²) < 4.78 is 17.2. The molecular weight excluding hydrogens is 329 g/mol. The Balaban J connectivity index is 1.75. The van der Waals surface area contributed by atoms with E-state index in [0.717, 1.165) is 5.69 Å². The molecule has 1 aromatic carbocycles. The van der Waals surface area contributed by atoms with Crippen molar-refractivity contribution >= 4 is 17.2 Å². The fourth-order valence-corrected chi connectivity index (χ4v) is 2.90. The minimum absolute atomic E-state index is 0.297. The van der Waals surface area contributed by atoms with Crippen LogP contribution >= 0.6 is 11.6 Å². The van der Waals surface area contributed by atoms with Gasteiger partial charge in [-0.15, -0.1) is 0 Å². The van der Waals surface area contributed by atoms with Crippen LogP contribution < -0.4 is 0 Å². The molecule has 0 fully saturated rings. The van der Waals surface area contributed by atoms with Crippen molar-refractivity contribution in [3.63, 3.8) is 0 Å². The molecule has 0 N–H and O–H groups in total. The van der Waals surface area contributed by atoms with Crippen LogP contribution in [0.15, 0.2) is 49.1 Å². The lowest BCUT2D eigenvalue weighted by molar-refractivity contribution is 0.628. The average Bonchev–Trinajstić information content (AvgIpc) is 3.14. The standard InChI is InChI=1S/C17H13ClFN5/c1-11-9-24-15(8-21-11)22-14(16(24)18)10-23-6-5-20-17(23)12-3-2-4-13(19)7-12/h2-9H,10H2,1H3. The Bertz CT molecular complexity index is 1040. The van der Waals surface area contributed by atoms with Gasteiger partial charge in [0.25, 0.3) is 0 Å². The molecule has 0 radical (unpaired) electrons. The Morgan fingerprint density at radius 2 is 2.12 bits per heavy atom. The predicted octanol–water partition coefficient (Wildman–Crippen LogP) is 3.74. The average molecular weight is 342 g/mol. The number of halogens is 2. The lowest BCUT2D eigenvalue weighted by Crippen LogP contribution is -2.02. The smallest absolute Gasteiger partial charge is 0.156 e. The second-order valence-corrected chi connectivity index (χ2v) is 5.85. The molecule has 3 aromatic heterocycles. The predicted molar refractivity (Wildman–Crippen MR) is 89.5 cm³/mol. The van der Waals surface area contributed by atoms with Crippen molar-refractivity contribution in [2.45, 2.75) is 13.5 Å². The van der Waals surface area contributed by atoms with E-state index in [9.17, 15) is 4.39 Å². The van der Waals surface area contributed by atoms with Gasteiger partial charge in [0.15, 0.2) is 5.65 Å². The van der Waals surface area contributed by atoms with Crippen LogP contribution in [0.2, 0.25) is 5.15 Å². The highest BCUT2D eigenvalue weighted by Crippen LogP contribution is 2.23. The molecule has 0 saturated heterocycles. The van der Waals surface area contributed by atoms with E-state index in [1.54, 1.807) is 22.9 Å². The molecule has 4 rings (SSSR count). The van der Waals surface area contributed by atoms with Crippen LogP contribution in [0.25, 0.3) is 17.0 Å². The Morgan fingerprint density at radius 1 is 1.25 bits per heavy atom. The second-order valence-electron chi connectivity index (χ2n) is 5.50. The zero-order chi connectivity index (χ0) is 16.7. The van der Waals surface area contributed by atoms with Crippen molar-refractivity contribution in [1.82, 2.24) is 23.9 Å². The third-order valence-electron chi connectivity index (χ3n) is 3.76. The summed E-state index contributed by atoms with van der Waals surface area (Å²) in [4.78, 5) is 13.1. The van der Waals surface area contributed by atoms with E-state index in [-0.39, 0.29) is 5.82 Å². The topological polar surface area (TPSA) is 48.0 Å². The van der Waals surface area contributed by atoms with E-state index in [1.807, 2.05) is 30.0 Å². The van der Waals surface area contributed by atoms with Gasteiger partial charge in [0.2, 0.25) is 0 Å². The lowest BCUT2D eigenvalue weighted by Gasteiger charge is -2.07. The molecule has 0 bridgehead atoms. The Hall–Kier alpha value is -2.73. The number of hydrogen-bond acceptors (Lipinski definition) is 3. The number of nitrogens with zero attached hydrogens (tertiary/aromatic N) is 5. The summed E-state index contributed by atoms with van der Waals surface area (Å²) in [6, 6.07) is 6.35. The van der Waals surface area contributed by atoms with Crippen LogP contribution in [0.4, 0.5) is 4.39 Å². The van der Waals surface area contributed by atoms with Crippen LogP contribution in [0.5, 0.6) is 0 Å². The number of aryl methyl sites for hydroxylation is 1. The van der Waals surface area contributed by atoms with Crippen molar-refractivity contribution in [3.8, 4) is 11.4 Å². The number of rotatable bonds is 3. The Morgan fingerprint density at radius 3 is 2.96 bits per heavy atom. The number of benzene rings is 1. The monoisotopic (exact) mass is 341 g/mol. The summed E-state index contributed by atoms with van der Waals surface area (Å²) in [5.41, 5.74) is 2.96. The molecule has 0 aliphatic heterocycles. The summed E-state index contributed by atoms with van der Waals surface area (Å²) >= 11 is 6.45. The molecule has 5 nitrogen and oxygen atoms in total. The highest BCUT2D eigenvalue weighted by Gasteiger charge is 2.14. The van der Waals surface area contributed by atoms with Gasteiger partial charge < -0.3 is 4.57 Å². The molecule has 120 valence electrons. The van der Waals surface area contributed by atoms with E-state index in [4.69, 9.17) is 11.6 Å². The first-order chi connectivity index (χ1) is 11.6. The van der Waals surface area contributed by atoms with Gasteiger partial charge in [-0.25, -0.2) is 14.4 Å². The van der Waals surface area contributed by atoms with Gasteiger partial charge in [-0.3, -0.25) is 9.38 Å². The van der Waals surface area contributed by atoms with E-state index in [2.05, 4.69) is 15.0 Å². The molecule has 4 aromatic rings. The molecule has 0 aliphatic carbocycles. The first-order valence-electron chi connectivity index (χ1n) is 7.38. The number of fused-ring (bicyclic) bond motifs is 1. The minimum atomic E-state index is -0.297. The maximum absolute atomic E-state index is 13.5. The largest absolute Gasteiger partial charge is 0.325 e. The first kappa shape index (κ1) is 14.8. The first-order valence-corrected chi connectivity index (χ1v) is 7.76. The van der Waals surface area contributed by atoms with Gasteiger partial charge in [0.1, 0.15) is 16.8 Å². The van der Waals surface area contributed by atoms with E-state index >= 15 is 0 Å². The molecule has 0 aliphatic rings. The fourth-order valence-electron chi connectivity index (χ4n) is 2.66. The van der Waals surface area contributed by atoms with E-state index < -0.39 is 0 Å². The lowest BCUT2D eigenvalue weighted by atomic mass is 10.2. The zero-order valence-corrected chi connectivity index (χ0v) is 13.6. The molecule has 24 heavy (non-hydrogen) atoms. The van der Waals surface area contributed by atoms with Crippen LogP contribution in [0, 0.1) is 12.7 Å². The number of aromatic nitrogens is 5. The van der Waals surface area contributed by atoms with Gasteiger partial charge in [-0.2, -0.15) is 0 Å². The highest BCUT2D eigenvalue weighted by molar-refractivity contribution is 6.30. The van der Waals surface area contributed by atoms with Crippen molar-refractivity contribution in [2.75, 3.05) is 0 Å². The molecular formula is C17H13ClFN5. The zero-order valence-electron chi connectivity index (χ0n) is 12.8. The Kier molecular flexibility index (Phi) is 3.54. The van der Waals surface area contributed by atoms with Crippen molar-refractivity contribution in [2.24, 2.45) is 0 Å². The van der Waals surface area contributed by atoms with Gasteiger partial charge >= 0.3 is 0 Å². The Labute approximate surface area is 142 Å². The highest BCUT2D eigenvalue weighted by atomic mass is 35.5. The normalized spacial score (nSPS) is 11.3. The van der Waals surface area contributed by atoms with Crippen molar-refractivity contribution < 1.29 is 4.39 Å². The van der Waals surface area contributed by atoms with Crippen LogP contribution in [-0.4, -0.2) is 23.9 Å². The van der Waals surface area contributed by atoms with Crippen LogP contribution in [0.1, 0.15) is 11.4 Å². The number of hydrogen-bond donors (Lipinski definition) is 0. The quantitative estimate of drug-likeness (QED) is 0.570.